The van der Waals surface area contributed by atoms with E-state index in [4.69, 9.17) is 4.74 Å². The zero-order chi connectivity index (χ0) is 16.8. The molecule has 128 valence electrons. The van der Waals surface area contributed by atoms with Crippen molar-refractivity contribution in [2.45, 2.75) is 12.6 Å². The van der Waals surface area contributed by atoms with Gasteiger partial charge in [-0.2, -0.15) is 0 Å². The van der Waals surface area contributed by atoms with Crippen LogP contribution in [-0.2, 0) is 11.3 Å². The summed E-state index contributed by atoms with van der Waals surface area (Å²) in [4.78, 5) is 4.57. The maximum atomic E-state index is 10.4. The fraction of sp³-hybridized carbons (Fsp3) is 0.400. The summed E-state index contributed by atoms with van der Waals surface area (Å²) in [5.74, 6) is 0. The van der Waals surface area contributed by atoms with Gasteiger partial charge in [-0.15, -0.1) is 0 Å². The molecule has 1 unspecified atom stereocenters. The van der Waals surface area contributed by atoms with Crippen molar-refractivity contribution < 1.29 is 9.84 Å². The van der Waals surface area contributed by atoms with Gasteiger partial charge in [0.15, 0.2) is 0 Å². The second kappa shape index (κ2) is 8.29. The first-order chi connectivity index (χ1) is 11.7. The average Bonchev–Trinajstić information content (AvgIpc) is 2.63. The first-order valence-corrected chi connectivity index (χ1v) is 8.56. The number of para-hydroxylation sites is 1. The molecule has 1 aliphatic rings. The topological polar surface area (TPSA) is 35.9 Å². The SMILES string of the molecule is CN(Cc1ccccc1N1CCOCC1)CC(O)c1ccccc1. The van der Waals surface area contributed by atoms with Crippen molar-refractivity contribution in [3.8, 4) is 0 Å². The van der Waals surface area contributed by atoms with Gasteiger partial charge < -0.3 is 14.7 Å². The number of morpholine rings is 1. The lowest BCUT2D eigenvalue weighted by Gasteiger charge is -2.31. The molecule has 24 heavy (non-hydrogen) atoms. The third-order valence-electron chi connectivity index (χ3n) is 4.45. The fourth-order valence-electron chi connectivity index (χ4n) is 3.19. The van der Waals surface area contributed by atoms with Gasteiger partial charge in [0.2, 0.25) is 0 Å². The summed E-state index contributed by atoms with van der Waals surface area (Å²) < 4.78 is 5.46. The zero-order valence-corrected chi connectivity index (χ0v) is 14.3. The second-order valence-corrected chi connectivity index (χ2v) is 6.35. The summed E-state index contributed by atoms with van der Waals surface area (Å²) in [5.41, 5.74) is 3.54. The number of ether oxygens (including phenoxy) is 1. The molecular formula is C20H26N2O2. The monoisotopic (exact) mass is 326 g/mol. The molecule has 4 heteroatoms. The van der Waals surface area contributed by atoms with Gasteiger partial charge in [0.05, 0.1) is 19.3 Å². The molecule has 0 saturated carbocycles. The Labute approximate surface area is 144 Å². The van der Waals surface area contributed by atoms with Crippen LogP contribution < -0.4 is 4.90 Å². The van der Waals surface area contributed by atoms with Gasteiger partial charge in [0, 0.05) is 31.9 Å². The van der Waals surface area contributed by atoms with E-state index in [1.165, 1.54) is 11.3 Å². The van der Waals surface area contributed by atoms with E-state index in [1.54, 1.807) is 0 Å². The van der Waals surface area contributed by atoms with Crippen molar-refractivity contribution in [1.29, 1.82) is 0 Å². The van der Waals surface area contributed by atoms with Crippen LogP contribution in [0.1, 0.15) is 17.2 Å². The predicted octanol–water partition coefficient (Wildman–Crippen LogP) is 2.69. The molecule has 1 fully saturated rings. The highest BCUT2D eigenvalue weighted by Crippen LogP contribution is 2.23. The minimum absolute atomic E-state index is 0.466. The Balaban J connectivity index is 1.65. The summed E-state index contributed by atoms with van der Waals surface area (Å²) in [6.45, 7) is 4.88. The molecule has 0 amide bonds. The van der Waals surface area contributed by atoms with Gasteiger partial charge in [-0.05, 0) is 24.2 Å². The number of nitrogens with zero attached hydrogens (tertiary/aromatic N) is 2. The van der Waals surface area contributed by atoms with Crippen molar-refractivity contribution in [2.24, 2.45) is 0 Å². The Bertz CT molecular complexity index is 627. The van der Waals surface area contributed by atoms with Gasteiger partial charge in [-0.25, -0.2) is 0 Å². The highest BCUT2D eigenvalue weighted by molar-refractivity contribution is 5.53. The predicted molar refractivity (Wildman–Crippen MR) is 97.2 cm³/mol. The lowest BCUT2D eigenvalue weighted by atomic mass is 10.1. The fourth-order valence-corrected chi connectivity index (χ4v) is 3.19. The Morgan fingerprint density at radius 3 is 2.46 bits per heavy atom. The molecule has 0 radical (unpaired) electrons. The molecule has 0 spiro atoms. The van der Waals surface area contributed by atoms with E-state index in [1.807, 2.05) is 30.3 Å². The number of hydrogen-bond acceptors (Lipinski definition) is 4. The number of aliphatic hydroxyl groups excluding tert-OH is 1. The standard InChI is InChI=1S/C20H26N2O2/c1-21(16-20(23)17-7-3-2-4-8-17)15-18-9-5-6-10-19(18)22-11-13-24-14-12-22/h2-10,20,23H,11-16H2,1H3. The molecule has 1 aliphatic heterocycles. The summed E-state index contributed by atoms with van der Waals surface area (Å²) in [6.07, 6.45) is -0.466. The Morgan fingerprint density at radius 2 is 1.71 bits per heavy atom. The number of hydrogen-bond donors (Lipinski definition) is 1. The minimum atomic E-state index is -0.466. The van der Waals surface area contributed by atoms with Gasteiger partial charge in [0.25, 0.3) is 0 Å². The zero-order valence-electron chi connectivity index (χ0n) is 14.3. The quantitative estimate of drug-likeness (QED) is 0.885. The van der Waals surface area contributed by atoms with E-state index in [0.29, 0.717) is 6.54 Å². The molecule has 2 aromatic carbocycles. The van der Waals surface area contributed by atoms with Crippen molar-refractivity contribution in [3.05, 3.63) is 65.7 Å². The third-order valence-corrected chi connectivity index (χ3v) is 4.45. The first-order valence-electron chi connectivity index (χ1n) is 8.56. The summed E-state index contributed by atoms with van der Waals surface area (Å²) >= 11 is 0. The van der Waals surface area contributed by atoms with Crippen molar-refractivity contribution in [1.82, 2.24) is 4.90 Å². The van der Waals surface area contributed by atoms with Gasteiger partial charge in [-0.1, -0.05) is 48.5 Å². The smallest absolute Gasteiger partial charge is 0.0916 e. The van der Waals surface area contributed by atoms with E-state index in [2.05, 4.69) is 41.1 Å². The van der Waals surface area contributed by atoms with Gasteiger partial charge in [0.1, 0.15) is 0 Å². The van der Waals surface area contributed by atoms with Crippen LogP contribution in [0.3, 0.4) is 0 Å². The summed E-state index contributed by atoms with van der Waals surface area (Å²) in [5, 5.41) is 10.4. The van der Waals surface area contributed by atoms with Crippen LogP contribution in [0.2, 0.25) is 0 Å². The molecule has 0 bridgehead atoms. The molecule has 0 aromatic heterocycles. The van der Waals surface area contributed by atoms with Crippen LogP contribution in [0.15, 0.2) is 54.6 Å². The van der Waals surface area contributed by atoms with Crippen molar-refractivity contribution in [3.63, 3.8) is 0 Å². The lowest BCUT2D eigenvalue weighted by Crippen LogP contribution is -2.37. The Kier molecular flexibility index (Phi) is 5.86. The summed E-state index contributed by atoms with van der Waals surface area (Å²) in [7, 11) is 2.06. The highest BCUT2D eigenvalue weighted by Gasteiger charge is 2.16. The molecule has 2 aromatic rings. The first kappa shape index (κ1) is 17.0. The second-order valence-electron chi connectivity index (χ2n) is 6.35. The number of benzene rings is 2. The van der Waals surface area contributed by atoms with Crippen LogP contribution in [0.25, 0.3) is 0 Å². The van der Waals surface area contributed by atoms with Crippen LogP contribution in [-0.4, -0.2) is 49.9 Å². The number of rotatable bonds is 6. The van der Waals surface area contributed by atoms with E-state index in [0.717, 1.165) is 38.4 Å². The minimum Gasteiger partial charge on any atom is -0.387 e. The van der Waals surface area contributed by atoms with Crippen LogP contribution in [0.4, 0.5) is 5.69 Å². The van der Waals surface area contributed by atoms with Gasteiger partial charge >= 0.3 is 0 Å². The maximum absolute atomic E-state index is 10.4. The Hall–Kier alpha value is -1.88. The molecule has 1 heterocycles. The van der Waals surface area contributed by atoms with Gasteiger partial charge in [-0.3, -0.25) is 4.90 Å². The number of aliphatic hydroxyl groups is 1. The molecule has 1 atom stereocenters. The maximum Gasteiger partial charge on any atom is 0.0916 e. The van der Waals surface area contributed by atoms with E-state index < -0.39 is 6.10 Å². The van der Waals surface area contributed by atoms with E-state index in [-0.39, 0.29) is 0 Å². The highest BCUT2D eigenvalue weighted by atomic mass is 16.5. The average molecular weight is 326 g/mol. The molecule has 0 aliphatic carbocycles. The third kappa shape index (κ3) is 4.35. The number of anilines is 1. The molecular weight excluding hydrogens is 300 g/mol. The van der Waals surface area contributed by atoms with E-state index >= 15 is 0 Å². The van der Waals surface area contributed by atoms with E-state index in [9.17, 15) is 5.11 Å². The van der Waals surface area contributed by atoms with Crippen molar-refractivity contribution in [2.75, 3.05) is 44.8 Å². The lowest BCUT2D eigenvalue weighted by molar-refractivity contribution is 0.121. The normalized spacial score (nSPS) is 16.4. The van der Waals surface area contributed by atoms with Crippen LogP contribution >= 0.6 is 0 Å². The van der Waals surface area contributed by atoms with Crippen LogP contribution in [0.5, 0.6) is 0 Å². The molecule has 1 N–H and O–H groups in total. The number of likely N-dealkylation sites (N-methyl/N-ethyl adjacent to an activating group) is 1. The van der Waals surface area contributed by atoms with Crippen LogP contribution in [0, 0.1) is 0 Å². The molecule has 3 rings (SSSR count). The molecule has 4 nitrogen and oxygen atoms in total. The Morgan fingerprint density at radius 1 is 1.04 bits per heavy atom. The molecule has 1 saturated heterocycles. The largest absolute Gasteiger partial charge is 0.387 e. The summed E-state index contributed by atoms with van der Waals surface area (Å²) in [6, 6.07) is 18.4. The van der Waals surface area contributed by atoms with Crippen molar-refractivity contribution >= 4 is 5.69 Å².